The van der Waals surface area contributed by atoms with Crippen LogP contribution in [0, 0.1) is 5.92 Å². The Bertz CT molecular complexity index is 661. The van der Waals surface area contributed by atoms with Crippen LogP contribution in [0.5, 0.6) is 5.75 Å². The smallest absolute Gasteiger partial charge is 0.144 e. The number of methoxy groups -OCH3 is 1. The van der Waals surface area contributed by atoms with Gasteiger partial charge >= 0.3 is 0 Å². The SMILES string of the molecule is COc1ccccc1[C@@H]1CC[C@H](C)CN1Cc1nccc(N)n1. The van der Waals surface area contributed by atoms with Crippen LogP contribution in [0.1, 0.15) is 37.2 Å². The molecule has 1 aromatic heterocycles. The zero-order valence-corrected chi connectivity index (χ0v) is 13.8. The van der Waals surface area contributed by atoms with Gasteiger partial charge < -0.3 is 10.5 Å². The number of hydrogen-bond acceptors (Lipinski definition) is 5. The number of nitrogens with two attached hydrogens (primary N) is 1. The maximum atomic E-state index is 5.79. The largest absolute Gasteiger partial charge is 0.496 e. The molecule has 0 unspecified atom stereocenters. The Morgan fingerprint density at radius 2 is 2.09 bits per heavy atom. The van der Waals surface area contributed by atoms with Crippen LogP contribution in [-0.4, -0.2) is 28.5 Å². The van der Waals surface area contributed by atoms with Gasteiger partial charge in [0, 0.05) is 24.3 Å². The van der Waals surface area contributed by atoms with E-state index in [1.807, 2.05) is 12.1 Å². The fourth-order valence-corrected chi connectivity index (χ4v) is 3.39. The third kappa shape index (κ3) is 3.62. The highest BCUT2D eigenvalue weighted by molar-refractivity contribution is 5.36. The molecule has 2 aromatic rings. The first-order valence-corrected chi connectivity index (χ1v) is 8.11. The van der Waals surface area contributed by atoms with Crippen molar-refractivity contribution in [3.63, 3.8) is 0 Å². The number of benzene rings is 1. The summed E-state index contributed by atoms with van der Waals surface area (Å²) in [5.74, 6) is 2.92. The Morgan fingerprint density at radius 3 is 2.87 bits per heavy atom. The third-order valence-corrected chi connectivity index (χ3v) is 4.49. The van der Waals surface area contributed by atoms with E-state index in [0.29, 0.717) is 24.3 Å². The van der Waals surface area contributed by atoms with E-state index in [4.69, 9.17) is 10.5 Å². The second-order valence-corrected chi connectivity index (χ2v) is 6.27. The van der Waals surface area contributed by atoms with Gasteiger partial charge in [-0.2, -0.15) is 0 Å². The molecule has 0 saturated carbocycles. The Morgan fingerprint density at radius 1 is 1.26 bits per heavy atom. The molecule has 2 atom stereocenters. The van der Waals surface area contributed by atoms with E-state index in [2.05, 4.69) is 33.9 Å². The number of rotatable bonds is 4. The van der Waals surface area contributed by atoms with Crippen LogP contribution in [0.4, 0.5) is 5.82 Å². The van der Waals surface area contributed by atoms with Gasteiger partial charge in [0.05, 0.1) is 13.7 Å². The van der Waals surface area contributed by atoms with Crippen molar-refractivity contribution in [1.29, 1.82) is 0 Å². The molecule has 2 heterocycles. The minimum absolute atomic E-state index is 0.326. The number of hydrogen-bond donors (Lipinski definition) is 1. The maximum absolute atomic E-state index is 5.79. The molecule has 1 saturated heterocycles. The van der Waals surface area contributed by atoms with Gasteiger partial charge in [-0.25, -0.2) is 9.97 Å². The highest BCUT2D eigenvalue weighted by atomic mass is 16.5. The molecule has 1 aliphatic heterocycles. The van der Waals surface area contributed by atoms with Gasteiger partial charge in [0.2, 0.25) is 0 Å². The molecule has 3 rings (SSSR count). The summed E-state index contributed by atoms with van der Waals surface area (Å²) in [6.45, 7) is 4.03. The summed E-state index contributed by atoms with van der Waals surface area (Å²) in [6, 6.07) is 10.3. The molecule has 0 bridgehead atoms. The lowest BCUT2D eigenvalue weighted by atomic mass is 9.89. The molecule has 1 aliphatic rings. The first-order valence-electron chi connectivity index (χ1n) is 8.11. The van der Waals surface area contributed by atoms with E-state index < -0.39 is 0 Å². The lowest BCUT2D eigenvalue weighted by molar-refractivity contribution is 0.101. The minimum Gasteiger partial charge on any atom is -0.496 e. The Hall–Kier alpha value is -2.14. The molecule has 1 fully saturated rings. The molecule has 0 amide bonds. The summed E-state index contributed by atoms with van der Waals surface area (Å²) < 4.78 is 5.57. The number of piperidine rings is 1. The van der Waals surface area contributed by atoms with E-state index in [1.165, 1.54) is 12.0 Å². The lowest BCUT2D eigenvalue weighted by Gasteiger charge is -2.39. The first-order chi connectivity index (χ1) is 11.2. The van der Waals surface area contributed by atoms with Gasteiger partial charge in [-0.1, -0.05) is 25.1 Å². The zero-order valence-electron chi connectivity index (χ0n) is 13.8. The van der Waals surface area contributed by atoms with E-state index in [-0.39, 0.29) is 0 Å². The lowest BCUT2D eigenvalue weighted by Crippen LogP contribution is -2.37. The predicted octanol–water partition coefficient (Wildman–Crippen LogP) is 3.04. The van der Waals surface area contributed by atoms with Crippen molar-refractivity contribution >= 4 is 5.82 Å². The van der Waals surface area contributed by atoms with E-state index in [9.17, 15) is 0 Å². The van der Waals surface area contributed by atoms with Crippen LogP contribution in [-0.2, 0) is 6.54 Å². The average molecular weight is 312 g/mol. The van der Waals surface area contributed by atoms with Crippen LogP contribution in [0.25, 0.3) is 0 Å². The summed E-state index contributed by atoms with van der Waals surface area (Å²) in [4.78, 5) is 11.2. The molecule has 2 N–H and O–H groups in total. The Labute approximate surface area is 137 Å². The summed E-state index contributed by atoms with van der Waals surface area (Å²) in [6.07, 6.45) is 4.06. The molecule has 5 nitrogen and oxygen atoms in total. The van der Waals surface area contributed by atoms with Crippen molar-refractivity contribution in [1.82, 2.24) is 14.9 Å². The van der Waals surface area contributed by atoms with Crippen molar-refractivity contribution in [2.24, 2.45) is 5.92 Å². The summed E-state index contributed by atoms with van der Waals surface area (Å²) >= 11 is 0. The van der Waals surface area contributed by atoms with Crippen molar-refractivity contribution in [2.45, 2.75) is 32.4 Å². The Balaban J connectivity index is 1.87. The van der Waals surface area contributed by atoms with Gasteiger partial charge in [0.1, 0.15) is 17.4 Å². The fourth-order valence-electron chi connectivity index (χ4n) is 3.39. The van der Waals surface area contributed by atoms with Crippen molar-refractivity contribution < 1.29 is 4.74 Å². The van der Waals surface area contributed by atoms with Crippen molar-refractivity contribution in [3.05, 3.63) is 47.9 Å². The summed E-state index contributed by atoms with van der Waals surface area (Å²) in [7, 11) is 1.73. The van der Waals surface area contributed by atoms with Gasteiger partial charge in [0.25, 0.3) is 0 Å². The molecular formula is C18H24N4O. The average Bonchev–Trinajstić information content (AvgIpc) is 2.55. The number of aromatic nitrogens is 2. The van der Waals surface area contributed by atoms with Gasteiger partial charge in [-0.3, -0.25) is 4.90 Å². The highest BCUT2D eigenvalue weighted by Gasteiger charge is 2.29. The number of likely N-dealkylation sites (tertiary alicyclic amines) is 1. The molecule has 122 valence electrons. The van der Waals surface area contributed by atoms with Crippen LogP contribution in [0.15, 0.2) is 36.5 Å². The number of para-hydroxylation sites is 1. The topological polar surface area (TPSA) is 64.3 Å². The van der Waals surface area contributed by atoms with E-state index in [0.717, 1.165) is 24.5 Å². The minimum atomic E-state index is 0.326. The summed E-state index contributed by atoms with van der Waals surface area (Å²) in [5, 5.41) is 0. The van der Waals surface area contributed by atoms with Crippen LogP contribution in [0.2, 0.25) is 0 Å². The van der Waals surface area contributed by atoms with Gasteiger partial charge in [0.15, 0.2) is 0 Å². The quantitative estimate of drug-likeness (QED) is 0.940. The maximum Gasteiger partial charge on any atom is 0.144 e. The Kier molecular flexibility index (Phi) is 4.76. The third-order valence-electron chi connectivity index (χ3n) is 4.49. The molecule has 0 radical (unpaired) electrons. The normalized spacial score (nSPS) is 22.0. The second-order valence-electron chi connectivity index (χ2n) is 6.27. The first kappa shape index (κ1) is 15.7. The number of anilines is 1. The van der Waals surface area contributed by atoms with Gasteiger partial charge in [-0.15, -0.1) is 0 Å². The monoisotopic (exact) mass is 312 g/mol. The number of nitrogens with zero attached hydrogens (tertiary/aromatic N) is 3. The molecular weight excluding hydrogens is 288 g/mol. The molecule has 0 spiro atoms. The molecule has 1 aromatic carbocycles. The number of ether oxygens (including phenoxy) is 1. The second kappa shape index (κ2) is 6.96. The van der Waals surface area contributed by atoms with E-state index >= 15 is 0 Å². The van der Waals surface area contributed by atoms with E-state index in [1.54, 1.807) is 19.4 Å². The molecule has 0 aliphatic carbocycles. The standard InChI is InChI=1S/C18H24N4O/c1-13-7-8-15(14-5-3-4-6-16(14)23-2)22(11-13)12-18-20-10-9-17(19)21-18/h3-6,9-10,13,15H,7-8,11-12H2,1-2H3,(H2,19,20,21)/t13-,15-/m0/s1. The predicted molar refractivity (Wildman–Crippen MR) is 91.0 cm³/mol. The summed E-state index contributed by atoms with van der Waals surface area (Å²) in [5.41, 5.74) is 7.03. The van der Waals surface area contributed by atoms with Crippen molar-refractivity contribution in [3.8, 4) is 5.75 Å². The number of nitrogen functional groups attached to an aromatic ring is 1. The molecule has 5 heteroatoms. The van der Waals surface area contributed by atoms with Crippen LogP contribution < -0.4 is 10.5 Å². The van der Waals surface area contributed by atoms with Crippen molar-refractivity contribution in [2.75, 3.05) is 19.4 Å². The van der Waals surface area contributed by atoms with Gasteiger partial charge in [-0.05, 0) is 30.9 Å². The molecule has 23 heavy (non-hydrogen) atoms. The fraction of sp³-hybridized carbons (Fsp3) is 0.444. The van der Waals surface area contributed by atoms with Crippen LogP contribution in [0.3, 0.4) is 0 Å². The van der Waals surface area contributed by atoms with Crippen LogP contribution >= 0.6 is 0 Å². The highest BCUT2D eigenvalue weighted by Crippen LogP contribution is 2.38. The zero-order chi connectivity index (χ0) is 16.2.